The summed E-state index contributed by atoms with van der Waals surface area (Å²) in [6.07, 6.45) is -1.92. The molecule has 32 heavy (non-hydrogen) atoms. The Balaban J connectivity index is 1.96. The van der Waals surface area contributed by atoms with Crippen molar-refractivity contribution in [3.8, 4) is 6.07 Å². The lowest BCUT2D eigenvalue weighted by atomic mass is 10.1. The number of halogens is 3. The summed E-state index contributed by atoms with van der Waals surface area (Å²) in [5, 5.41) is 10.6. The van der Waals surface area contributed by atoms with Crippen molar-refractivity contribution in [2.45, 2.75) is 57.9 Å². The molecule has 1 aliphatic rings. The molecule has 10 heteroatoms. The van der Waals surface area contributed by atoms with Gasteiger partial charge in [-0.2, -0.15) is 23.5 Å². The van der Waals surface area contributed by atoms with Crippen LogP contribution in [0.3, 0.4) is 0 Å². The normalized spacial score (nSPS) is 18.8. The average Bonchev–Trinajstić information content (AvgIpc) is 2.76. The highest BCUT2D eigenvalue weighted by molar-refractivity contribution is 5.82. The number of carbonyl (C=O) groups excluding carboxylic acids is 1. The Kier molecular flexibility index (Phi) is 9.90. The van der Waals surface area contributed by atoms with Gasteiger partial charge < -0.3 is 10.6 Å². The number of rotatable bonds is 10. The monoisotopic (exact) mass is 455 g/mol. The van der Waals surface area contributed by atoms with Crippen molar-refractivity contribution in [3.63, 3.8) is 0 Å². The molecule has 1 saturated heterocycles. The quantitative estimate of drug-likeness (QED) is 0.546. The Labute approximate surface area is 187 Å². The summed E-state index contributed by atoms with van der Waals surface area (Å²) >= 11 is 0. The van der Waals surface area contributed by atoms with Crippen molar-refractivity contribution >= 4 is 5.91 Å². The number of nitriles is 1. The van der Waals surface area contributed by atoms with Gasteiger partial charge in [0.1, 0.15) is 13.3 Å². The average molecular weight is 456 g/mol. The van der Waals surface area contributed by atoms with Gasteiger partial charge in [-0.25, -0.2) is 0 Å². The third-order valence-electron chi connectivity index (χ3n) is 5.52. The maximum atomic E-state index is 13.0. The second-order valence-electron chi connectivity index (χ2n) is 7.99. The molecule has 1 aromatic rings. The molecule has 0 aromatic heterocycles. The van der Waals surface area contributed by atoms with Gasteiger partial charge in [0, 0.05) is 32.2 Å². The largest absolute Gasteiger partial charge is 0.416 e. The molecule has 1 aliphatic heterocycles. The Morgan fingerprint density at radius 1 is 1.41 bits per heavy atom. The SMILES string of the molecule is CCCCN(CC#N)C(=O)[C@@H](N)CN1CC(CC)N(Cc2cccc(C(F)(F)F)c2)CO1. The zero-order valence-corrected chi connectivity index (χ0v) is 18.6. The van der Waals surface area contributed by atoms with Crippen LogP contribution in [0.5, 0.6) is 0 Å². The number of nitrogens with zero attached hydrogens (tertiary/aromatic N) is 4. The molecule has 0 aliphatic carbocycles. The second-order valence-corrected chi connectivity index (χ2v) is 7.99. The molecule has 0 bridgehead atoms. The maximum Gasteiger partial charge on any atom is 0.416 e. The van der Waals surface area contributed by atoms with Gasteiger partial charge in [0.15, 0.2) is 0 Å². The minimum Gasteiger partial charge on any atom is -0.328 e. The zero-order valence-electron chi connectivity index (χ0n) is 18.6. The summed E-state index contributed by atoms with van der Waals surface area (Å²) in [4.78, 5) is 21.8. The predicted octanol–water partition coefficient (Wildman–Crippen LogP) is 2.97. The first-order valence-electron chi connectivity index (χ1n) is 10.9. The van der Waals surface area contributed by atoms with E-state index in [1.165, 1.54) is 11.0 Å². The fraction of sp³-hybridized carbons (Fsp3) is 0.636. The molecule has 178 valence electrons. The number of alkyl halides is 3. The Morgan fingerprint density at radius 3 is 2.78 bits per heavy atom. The van der Waals surface area contributed by atoms with Crippen molar-refractivity contribution in [1.29, 1.82) is 5.26 Å². The molecular weight excluding hydrogens is 423 g/mol. The summed E-state index contributed by atoms with van der Waals surface area (Å²) in [6.45, 7) is 5.66. The summed E-state index contributed by atoms with van der Waals surface area (Å²) in [5.74, 6) is -0.289. The van der Waals surface area contributed by atoms with Crippen LogP contribution in [0.2, 0.25) is 0 Å². The smallest absolute Gasteiger partial charge is 0.328 e. The van der Waals surface area contributed by atoms with E-state index in [1.54, 1.807) is 11.1 Å². The van der Waals surface area contributed by atoms with Crippen molar-refractivity contribution in [2.24, 2.45) is 5.73 Å². The van der Waals surface area contributed by atoms with E-state index < -0.39 is 17.8 Å². The van der Waals surface area contributed by atoms with Crippen molar-refractivity contribution in [1.82, 2.24) is 14.9 Å². The van der Waals surface area contributed by atoms with E-state index in [9.17, 15) is 18.0 Å². The van der Waals surface area contributed by atoms with Crippen LogP contribution in [-0.4, -0.2) is 65.8 Å². The first-order chi connectivity index (χ1) is 15.2. The summed E-state index contributed by atoms with van der Waals surface area (Å²) in [7, 11) is 0. The van der Waals surface area contributed by atoms with E-state index in [0.717, 1.165) is 31.4 Å². The first-order valence-corrected chi connectivity index (χ1v) is 10.9. The van der Waals surface area contributed by atoms with Crippen LogP contribution in [-0.2, 0) is 22.4 Å². The van der Waals surface area contributed by atoms with Crippen LogP contribution < -0.4 is 5.73 Å². The molecule has 0 saturated carbocycles. The Morgan fingerprint density at radius 2 is 2.16 bits per heavy atom. The molecule has 2 N–H and O–H groups in total. The number of carbonyl (C=O) groups is 1. The number of unbranched alkanes of at least 4 members (excludes halogenated alkanes) is 1. The fourth-order valence-electron chi connectivity index (χ4n) is 3.67. The molecule has 1 amide bonds. The first kappa shape index (κ1) is 26.1. The van der Waals surface area contributed by atoms with Crippen molar-refractivity contribution in [3.05, 3.63) is 35.4 Å². The number of nitrogens with two attached hydrogens (primary N) is 1. The van der Waals surface area contributed by atoms with Gasteiger partial charge in [0.05, 0.1) is 17.7 Å². The van der Waals surface area contributed by atoms with Crippen LogP contribution in [0.4, 0.5) is 13.2 Å². The lowest BCUT2D eigenvalue weighted by Crippen LogP contribution is -2.56. The molecular formula is C22H32F3N5O2. The highest BCUT2D eigenvalue weighted by Gasteiger charge is 2.32. The highest BCUT2D eigenvalue weighted by atomic mass is 19.4. The van der Waals surface area contributed by atoms with E-state index in [-0.39, 0.29) is 31.8 Å². The van der Waals surface area contributed by atoms with E-state index in [4.69, 9.17) is 15.8 Å². The molecule has 1 aromatic carbocycles. The molecule has 2 rings (SSSR count). The minimum absolute atomic E-state index is 0.00422. The standard InChI is InChI=1S/C22H32F3N5O2/c1-3-5-10-28(11-9-26)21(31)20(27)15-30-14-19(4-2)29(16-32-30)13-17-7-6-8-18(12-17)22(23,24)25/h6-8,12,19-20H,3-5,10-11,13-16,27H2,1-2H3/t19?,20-/m0/s1. The van der Waals surface area contributed by atoms with E-state index in [1.807, 2.05) is 24.8 Å². The number of hydrogen-bond acceptors (Lipinski definition) is 6. The number of amides is 1. The maximum absolute atomic E-state index is 13.0. The van der Waals surface area contributed by atoms with Gasteiger partial charge >= 0.3 is 6.18 Å². The van der Waals surface area contributed by atoms with Crippen molar-refractivity contribution < 1.29 is 22.8 Å². The summed E-state index contributed by atoms with van der Waals surface area (Å²) in [5.41, 5.74) is 6.00. The molecule has 1 heterocycles. The molecule has 7 nitrogen and oxygen atoms in total. The van der Waals surface area contributed by atoms with Gasteiger partial charge in [0.2, 0.25) is 5.91 Å². The third-order valence-corrected chi connectivity index (χ3v) is 5.52. The predicted molar refractivity (Wildman–Crippen MR) is 114 cm³/mol. The zero-order chi connectivity index (χ0) is 23.7. The topological polar surface area (TPSA) is 85.8 Å². The summed E-state index contributed by atoms with van der Waals surface area (Å²) < 4.78 is 39.0. The van der Waals surface area contributed by atoms with Crippen LogP contribution >= 0.6 is 0 Å². The van der Waals surface area contributed by atoms with E-state index >= 15 is 0 Å². The molecule has 0 radical (unpaired) electrons. The van der Waals surface area contributed by atoms with E-state index in [2.05, 4.69) is 0 Å². The van der Waals surface area contributed by atoms with E-state index in [0.29, 0.717) is 25.2 Å². The van der Waals surface area contributed by atoms with Gasteiger partial charge in [-0.05, 0) is 24.5 Å². The van der Waals surface area contributed by atoms with Crippen LogP contribution in [0.1, 0.15) is 44.2 Å². The van der Waals surface area contributed by atoms with Gasteiger partial charge in [-0.1, -0.05) is 38.5 Å². The molecule has 0 spiro atoms. The van der Waals surface area contributed by atoms with Crippen LogP contribution in [0.25, 0.3) is 0 Å². The summed E-state index contributed by atoms with van der Waals surface area (Å²) in [6, 6.07) is 6.51. The third kappa shape index (κ3) is 7.45. The Hall–Kier alpha value is -2.19. The number of hydrogen-bond donors (Lipinski definition) is 1. The minimum atomic E-state index is -4.38. The van der Waals surface area contributed by atoms with Crippen LogP contribution in [0.15, 0.2) is 24.3 Å². The van der Waals surface area contributed by atoms with Crippen molar-refractivity contribution in [2.75, 3.05) is 32.9 Å². The second kappa shape index (κ2) is 12.2. The molecule has 2 atom stereocenters. The number of hydroxylamine groups is 2. The fourth-order valence-corrected chi connectivity index (χ4v) is 3.67. The molecule has 1 unspecified atom stereocenters. The van der Waals surface area contributed by atoms with Gasteiger partial charge in [0.25, 0.3) is 0 Å². The molecule has 1 fully saturated rings. The van der Waals surface area contributed by atoms with Gasteiger partial charge in [-0.15, -0.1) is 0 Å². The van der Waals surface area contributed by atoms with Crippen LogP contribution in [0, 0.1) is 11.3 Å². The number of benzene rings is 1. The highest BCUT2D eigenvalue weighted by Crippen LogP contribution is 2.30. The van der Waals surface area contributed by atoms with Gasteiger partial charge in [-0.3, -0.25) is 14.5 Å². The Bertz CT molecular complexity index is 784. The lowest BCUT2D eigenvalue weighted by molar-refractivity contribution is -0.244. The lowest BCUT2D eigenvalue weighted by Gasteiger charge is -2.41.